The number of rotatable bonds is 1. The molecular formula is C25H21I. The Hall–Kier alpha value is -1.87. The first kappa shape index (κ1) is 16.3. The second-order valence-corrected chi connectivity index (χ2v) is 9.15. The third-order valence-corrected chi connectivity index (χ3v) is 6.75. The van der Waals surface area contributed by atoms with Crippen LogP contribution < -0.4 is 0 Å². The van der Waals surface area contributed by atoms with Crippen LogP contribution in [0.25, 0.3) is 21.9 Å². The van der Waals surface area contributed by atoms with Gasteiger partial charge in [0.15, 0.2) is 0 Å². The minimum Gasteiger partial charge on any atom is -0.0616 e. The molecule has 0 fully saturated rings. The van der Waals surface area contributed by atoms with Crippen molar-refractivity contribution in [2.45, 2.75) is 32.1 Å². The maximum absolute atomic E-state index is 2.49. The van der Waals surface area contributed by atoms with Gasteiger partial charge in [-0.15, -0.1) is 0 Å². The summed E-state index contributed by atoms with van der Waals surface area (Å²) in [5.41, 5.74) is 9.01. The zero-order valence-electron chi connectivity index (χ0n) is 15.1. The van der Waals surface area contributed by atoms with Gasteiger partial charge in [0.05, 0.1) is 0 Å². The lowest BCUT2D eigenvalue weighted by molar-refractivity contribution is 0.651. The molecule has 0 spiro atoms. The molecule has 0 amide bonds. The van der Waals surface area contributed by atoms with Crippen molar-refractivity contribution in [1.82, 2.24) is 0 Å². The van der Waals surface area contributed by atoms with Crippen molar-refractivity contribution in [3.63, 3.8) is 0 Å². The first-order valence-corrected chi connectivity index (χ1v) is 10.4. The van der Waals surface area contributed by atoms with Crippen LogP contribution in [-0.2, 0) is 5.41 Å². The zero-order chi connectivity index (χ0) is 17.9. The predicted molar refractivity (Wildman–Crippen MR) is 120 cm³/mol. The highest BCUT2D eigenvalue weighted by Crippen LogP contribution is 2.52. The third kappa shape index (κ3) is 2.33. The summed E-state index contributed by atoms with van der Waals surface area (Å²) in [6.45, 7) is 4.76. The fourth-order valence-corrected chi connectivity index (χ4v) is 5.22. The van der Waals surface area contributed by atoms with E-state index in [9.17, 15) is 0 Å². The van der Waals surface area contributed by atoms with Crippen LogP contribution in [0.5, 0.6) is 0 Å². The van der Waals surface area contributed by atoms with Crippen molar-refractivity contribution in [1.29, 1.82) is 0 Å². The average Bonchev–Trinajstić information content (AvgIpc) is 2.88. The van der Waals surface area contributed by atoms with Gasteiger partial charge >= 0.3 is 0 Å². The Balaban J connectivity index is 1.69. The standard InChI is InChI=1S/C25H21I/c1-25(2)23-14-17(20-9-5-7-16-6-3-4-8-19(16)20)10-12-21(23)22-13-11-18(26)15-24(22)25/h3-9,11,13-15H,10,12H2,1-2H3. The molecule has 2 aliphatic rings. The van der Waals surface area contributed by atoms with E-state index in [4.69, 9.17) is 0 Å². The summed E-state index contributed by atoms with van der Waals surface area (Å²) in [7, 11) is 0. The van der Waals surface area contributed by atoms with Crippen LogP contribution in [0.1, 0.15) is 43.4 Å². The molecule has 0 aliphatic heterocycles. The van der Waals surface area contributed by atoms with Crippen LogP contribution in [0.4, 0.5) is 0 Å². The minimum atomic E-state index is 0.0854. The first-order chi connectivity index (χ1) is 12.6. The molecule has 0 radical (unpaired) electrons. The fourth-order valence-electron chi connectivity index (χ4n) is 4.72. The van der Waals surface area contributed by atoms with Gasteiger partial charge in [-0.1, -0.05) is 68.5 Å². The maximum atomic E-state index is 2.49. The van der Waals surface area contributed by atoms with Crippen molar-refractivity contribution in [2.75, 3.05) is 0 Å². The molecule has 0 aromatic heterocycles. The van der Waals surface area contributed by atoms with Crippen LogP contribution in [-0.4, -0.2) is 0 Å². The van der Waals surface area contributed by atoms with E-state index in [1.165, 1.54) is 42.2 Å². The molecule has 26 heavy (non-hydrogen) atoms. The van der Waals surface area contributed by atoms with E-state index in [1.54, 1.807) is 5.57 Å². The minimum absolute atomic E-state index is 0.0854. The topological polar surface area (TPSA) is 0 Å². The molecule has 0 N–H and O–H groups in total. The van der Waals surface area contributed by atoms with Gasteiger partial charge < -0.3 is 0 Å². The SMILES string of the molecule is CC1(C)C2=C(CCC(c3cccc4ccccc34)=C2)c2ccc(I)cc21. The molecule has 2 aliphatic carbocycles. The Kier molecular flexibility index (Phi) is 3.65. The Morgan fingerprint density at radius 2 is 1.65 bits per heavy atom. The molecule has 0 saturated carbocycles. The number of benzene rings is 3. The van der Waals surface area contributed by atoms with Crippen LogP contribution in [0.2, 0.25) is 0 Å². The highest BCUT2D eigenvalue weighted by atomic mass is 127. The largest absolute Gasteiger partial charge is 0.0616 e. The van der Waals surface area contributed by atoms with Crippen molar-refractivity contribution in [3.05, 3.63) is 92.6 Å². The van der Waals surface area contributed by atoms with Gasteiger partial charge in [0.1, 0.15) is 0 Å². The molecule has 0 bridgehead atoms. The van der Waals surface area contributed by atoms with Gasteiger partial charge in [-0.25, -0.2) is 0 Å². The maximum Gasteiger partial charge on any atom is 0.0156 e. The molecule has 1 heteroatoms. The molecule has 0 unspecified atom stereocenters. The molecule has 3 aromatic carbocycles. The van der Waals surface area contributed by atoms with Gasteiger partial charge in [0.25, 0.3) is 0 Å². The van der Waals surface area contributed by atoms with Gasteiger partial charge in [0.2, 0.25) is 0 Å². The van der Waals surface area contributed by atoms with Crippen molar-refractivity contribution < 1.29 is 0 Å². The van der Waals surface area contributed by atoms with E-state index in [0.29, 0.717) is 0 Å². The van der Waals surface area contributed by atoms with Gasteiger partial charge in [0, 0.05) is 8.99 Å². The smallest absolute Gasteiger partial charge is 0.0156 e. The third-order valence-electron chi connectivity index (χ3n) is 6.08. The zero-order valence-corrected chi connectivity index (χ0v) is 17.3. The van der Waals surface area contributed by atoms with Crippen LogP contribution in [0.3, 0.4) is 0 Å². The fraction of sp³-hybridized carbons (Fsp3) is 0.200. The lowest BCUT2D eigenvalue weighted by Gasteiger charge is -2.26. The summed E-state index contributed by atoms with van der Waals surface area (Å²) in [5.74, 6) is 0. The van der Waals surface area contributed by atoms with E-state index in [2.05, 4.69) is 103 Å². The summed E-state index contributed by atoms with van der Waals surface area (Å²) >= 11 is 2.43. The number of hydrogen-bond donors (Lipinski definition) is 0. The number of hydrogen-bond acceptors (Lipinski definition) is 0. The predicted octanol–water partition coefficient (Wildman–Crippen LogP) is 7.37. The van der Waals surface area contributed by atoms with Gasteiger partial charge in [-0.2, -0.15) is 0 Å². The molecule has 0 atom stereocenters. The van der Waals surface area contributed by atoms with Crippen LogP contribution in [0, 0.1) is 3.57 Å². The van der Waals surface area contributed by atoms with Gasteiger partial charge in [-0.05, 0) is 91.7 Å². The number of fused-ring (bicyclic) bond motifs is 3. The summed E-state index contributed by atoms with van der Waals surface area (Å²) in [4.78, 5) is 0. The molecular weight excluding hydrogens is 427 g/mol. The number of allylic oxidation sites excluding steroid dienone is 4. The van der Waals surface area contributed by atoms with Crippen molar-refractivity contribution in [2.24, 2.45) is 0 Å². The summed E-state index contributed by atoms with van der Waals surface area (Å²) in [6.07, 6.45) is 4.75. The summed E-state index contributed by atoms with van der Waals surface area (Å²) in [6, 6.07) is 22.4. The Labute approximate surface area is 168 Å². The second-order valence-electron chi connectivity index (χ2n) is 7.90. The van der Waals surface area contributed by atoms with Crippen molar-refractivity contribution in [3.8, 4) is 0 Å². The first-order valence-electron chi connectivity index (χ1n) is 9.28. The summed E-state index contributed by atoms with van der Waals surface area (Å²) in [5, 5.41) is 2.70. The van der Waals surface area contributed by atoms with Crippen molar-refractivity contribution >= 4 is 44.5 Å². The van der Waals surface area contributed by atoms with E-state index >= 15 is 0 Å². The Morgan fingerprint density at radius 3 is 2.54 bits per heavy atom. The Bertz CT molecular complexity index is 1110. The van der Waals surface area contributed by atoms with Crippen LogP contribution in [0.15, 0.2) is 72.3 Å². The molecule has 3 aromatic rings. The molecule has 0 heterocycles. The van der Waals surface area contributed by atoms with E-state index < -0.39 is 0 Å². The highest BCUT2D eigenvalue weighted by Gasteiger charge is 2.38. The van der Waals surface area contributed by atoms with E-state index in [1.807, 2.05) is 0 Å². The summed E-state index contributed by atoms with van der Waals surface area (Å²) < 4.78 is 1.33. The molecule has 5 rings (SSSR count). The lowest BCUT2D eigenvalue weighted by atomic mass is 9.78. The van der Waals surface area contributed by atoms with Gasteiger partial charge in [-0.3, -0.25) is 0 Å². The van der Waals surface area contributed by atoms with E-state index in [0.717, 1.165) is 12.8 Å². The number of halogens is 1. The molecule has 0 saturated heterocycles. The Morgan fingerprint density at radius 1 is 0.846 bits per heavy atom. The van der Waals surface area contributed by atoms with Crippen LogP contribution >= 0.6 is 22.6 Å². The highest BCUT2D eigenvalue weighted by molar-refractivity contribution is 14.1. The second kappa shape index (κ2) is 5.82. The molecule has 128 valence electrons. The van der Waals surface area contributed by atoms with E-state index in [-0.39, 0.29) is 5.41 Å². The lowest BCUT2D eigenvalue weighted by Crippen LogP contribution is -2.17. The monoisotopic (exact) mass is 448 g/mol. The average molecular weight is 448 g/mol. The quantitative estimate of drug-likeness (QED) is 0.341. The molecule has 0 nitrogen and oxygen atoms in total. The normalized spacial score (nSPS) is 17.9.